The van der Waals surface area contributed by atoms with Crippen LogP contribution in [0.25, 0.3) is 33.7 Å². The minimum atomic E-state index is 0.376. The zero-order chi connectivity index (χ0) is 17.9. The van der Waals surface area contributed by atoms with Crippen molar-refractivity contribution >= 4 is 16.6 Å². The van der Waals surface area contributed by atoms with Crippen molar-refractivity contribution < 1.29 is 4.52 Å². The van der Waals surface area contributed by atoms with E-state index in [0.29, 0.717) is 29.4 Å². The van der Waals surface area contributed by atoms with E-state index in [1.807, 2.05) is 42.6 Å². The third kappa shape index (κ3) is 2.82. The molecule has 2 heterocycles. The van der Waals surface area contributed by atoms with Gasteiger partial charge in [-0.15, -0.1) is 6.58 Å². The van der Waals surface area contributed by atoms with Crippen molar-refractivity contribution in [3.63, 3.8) is 0 Å². The molecule has 0 bridgehead atoms. The molecule has 6 heteroatoms. The van der Waals surface area contributed by atoms with Crippen LogP contribution in [0, 0.1) is 11.3 Å². The molecule has 0 amide bonds. The van der Waals surface area contributed by atoms with E-state index in [0.717, 1.165) is 22.2 Å². The molecule has 0 saturated carbocycles. The number of anilines is 1. The summed E-state index contributed by atoms with van der Waals surface area (Å²) in [6.07, 6.45) is 3.63. The van der Waals surface area contributed by atoms with Gasteiger partial charge in [0.1, 0.15) is 6.07 Å². The average molecular weight is 341 g/mol. The molecular weight excluding hydrogens is 326 g/mol. The van der Waals surface area contributed by atoms with Crippen LogP contribution in [0.5, 0.6) is 0 Å². The lowest BCUT2D eigenvalue weighted by atomic mass is 10.1. The van der Waals surface area contributed by atoms with Gasteiger partial charge in [-0.25, -0.2) is 0 Å². The number of aromatic amines is 1. The Hall–Kier alpha value is -3.85. The Kier molecular flexibility index (Phi) is 3.96. The largest absolute Gasteiger partial charge is 0.381 e. The highest BCUT2D eigenvalue weighted by molar-refractivity contribution is 5.84. The van der Waals surface area contributed by atoms with Gasteiger partial charge in [-0.3, -0.25) is 0 Å². The highest BCUT2D eigenvalue weighted by atomic mass is 16.5. The predicted molar refractivity (Wildman–Crippen MR) is 100 cm³/mol. The van der Waals surface area contributed by atoms with Crippen LogP contribution in [0.15, 0.2) is 65.8 Å². The van der Waals surface area contributed by atoms with Crippen molar-refractivity contribution in [1.29, 1.82) is 5.26 Å². The van der Waals surface area contributed by atoms with E-state index in [9.17, 15) is 5.26 Å². The van der Waals surface area contributed by atoms with Crippen LogP contribution in [0.4, 0.5) is 5.69 Å². The molecule has 26 heavy (non-hydrogen) atoms. The van der Waals surface area contributed by atoms with Crippen LogP contribution in [-0.4, -0.2) is 21.7 Å². The molecule has 4 rings (SSSR count). The van der Waals surface area contributed by atoms with Crippen molar-refractivity contribution in [2.24, 2.45) is 0 Å². The summed E-state index contributed by atoms with van der Waals surface area (Å²) < 4.78 is 5.40. The smallest absolute Gasteiger partial charge is 0.258 e. The number of hydrogen-bond donors (Lipinski definition) is 2. The van der Waals surface area contributed by atoms with E-state index < -0.39 is 0 Å². The van der Waals surface area contributed by atoms with Gasteiger partial charge < -0.3 is 14.8 Å². The molecule has 2 aromatic carbocycles. The summed E-state index contributed by atoms with van der Waals surface area (Å²) >= 11 is 0. The van der Waals surface area contributed by atoms with Gasteiger partial charge >= 0.3 is 0 Å². The standard InChI is InChI=1S/C20H15N5O/c1-2-8-22-18-6-4-15(11-16(18)12-21)20-24-19(25-26-20)14-3-5-17-13(10-14)7-9-23-17/h2-7,9-11,22-23H,1,8H2. The number of H-pyrrole nitrogens is 1. The van der Waals surface area contributed by atoms with Crippen molar-refractivity contribution in [2.75, 3.05) is 11.9 Å². The second-order valence-electron chi connectivity index (χ2n) is 5.74. The van der Waals surface area contributed by atoms with Gasteiger partial charge in [0, 0.05) is 34.8 Å². The molecule has 6 nitrogen and oxygen atoms in total. The Labute approximate surface area is 149 Å². The van der Waals surface area contributed by atoms with Crippen LogP contribution >= 0.6 is 0 Å². The summed E-state index contributed by atoms with van der Waals surface area (Å²) in [6, 6.07) is 15.5. The van der Waals surface area contributed by atoms with E-state index in [2.05, 4.69) is 33.1 Å². The summed E-state index contributed by atoms with van der Waals surface area (Å²) in [5.74, 6) is 0.886. The lowest BCUT2D eigenvalue weighted by molar-refractivity contribution is 0.432. The van der Waals surface area contributed by atoms with E-state index in [4.69, 9.17) is 4.52 Å². The maximum Gasteiger partial charge on any atom is 0.258 e. The van der Waals surface area contributed by atoms with Crippen molar-refractivity contribution in [3.05, 3.63) is 66.9 Å². The highest BCUT2D eigenvalue weighted by Gasteiger charge is 2.13. The summed E-state index contributed by atoms with van der Waals surface area (Å²) in [7, 11) is 0. The third-order valence-electron chi connectivity index (χ3n) is 4.06. The molecule has 0 aliphatic heterocycles. The van der Waals surface area contributed by atoms with Gasteiger partial charge in [-0.1, -0.05) is 11.2 Å². The fourth-order valence-electron chi connectivity index (χ4n) is 2.76. The summed E-state index contributed by atoms with van der Waals surface area (Å²) in [4.78, 5) is 7.63. The van der Waals surface area contributed by atoms with E-state index in [-0.39, 0.29) is 0 Å². The molecule has 0 atom stereocenters. The number of rotatable bonds is 5. The number of nitrogens with one attached hydrogen (secondary N) is 2. The summed E-state index contributed by atoms with van der Waals surface area (Å²) in [5.41, 5.74) is 3.88. The quantitative estimate of drug-likeness (QED) is 0.527. The fourth-order valence-corrected chi connectivity index (χ4v) is 2.76. The zero-order valence-corrected chi connectivity index (χ0v) is 13.9. The Morgan fingerprint density at radius 1 is 1.19 bits per heavy atom. The monoisotopic (exact) mass is 341 g/mol. The van der Waals surface area contributed by atoms with Crippen LogP contribution in [0.1, 0.15) is 5.56 Å². The molecule has 0 aliphatic rings. The molecule has 2 aromatic heterocycles. The lowest BCUT2D eigenvalue weighted by Gasteiger charge is -2.06. The molecule has 0 saturated heterocycles. The first kappa shape index (κ1) is 15.7. The second-order valence-corrected chi connectivity index (χ2v) is 5.74. The second kappa shape index (κ2) is 6.57. The molecular formula is C20H15N5O. The topological polar surface area (TPSA) is 90.5 Å². The Morgan fingerprint density at radius 3 is 2.92 bits per heavy atom. The van der Waals surface area contributed by atoms with Crippen LogP contribution < -0.4 is 5.32 Å². The molecule has 0 unspecified atom stereocenters. The number of benzene rings is 2. The van der Waals surface area contributed by atoms with Gasteiger partial charge in [0.2, 0.25) is 5.82 Å². The molecule has 126 valence electrons. The first-order chi connectivity index (χ1) is 12.8. The van der Waals surface area contributed by atoms with Gasteiger partial charge in [-0.05, 0) is 42.5 Å². The van der Waals surface area contributed by atoms with E-state index in [1.165, 1.54) is 0 Å². The van der Waals surface area contributed by atoms with Gasteiger partial charge in [0.15, 0.2) is 0 Å². The van der Waals surface area contributed by atoms with E-state index in [1.54, 1.807) is 12.1 Å². The molecule has 4 aromatic rings. The summed E-state index contributed by atoms with van der Waals surface area (Å²) in [5, 5.41) is 17.7. The Morgan fingerprint density at radius 2 is 2.08 bits per heavy atom. The predicted octanol–water partition coefficient (Wildman–Crippen LogP) is 4.35. The van der Waals surface area contributed by atoms with Gasteiger partial charge in [0.05, 0.1) is 11.3 Å². The van der Waals surface area contributed by atoms with Gasteiger partial charge in [-0.2, -0.15) is 10.2 Å². The fraction of sp³-hybridized carbons (Fsp3) is 0.0500. The number of fused-ring (bicyclic) bond motifs is 1. The SMILES string of the molecule is C=CCNc1ccc(-c2nc(-c3ccc4[nH]ccc4c3)no2)cc1C#N. The Bertz CT molecular complexity index is 1130. The normalized spacial score (nSPS) is 10.6. The minimum absolute atomic E-state index is 0.376. The molecule has 0 spiro atoms. The van der Waals surface area contributed by atoms with Crippen LogP contribution in [0.2, 0.25) is 0 Å². The first-order valence-corrected chi connectivity index (χ1v) is 8.09. The van der Waals surface area contributed by atoms with Crippen molar-refractivity contribution in [1.82, 2.24) is 15.1 Å². The maximum absolute atomic E-state index is 9.37. The first-order valence-electron chi connectivity index (χ1n) is 8.09. The van der Waals surface area contributed by atoms with Crippen LogP contribution in [0.3, 0.4) is 0 Å². The number of nitriles is 1. The zero-order valence-electron chi connectivity index (χ0n) is 13.9. The number of aromatic nitrogens is 3. The summed E-state index contributed by atoms with van der Waals surface area (Å²) in [6.45, 7) is 4.25. The number of hydrogen-bond acceptors (Lipinski definition) is 5. The highest BCUT2D eigenvalue weighted by Crippen LogP contribution is 2.27. The Balaban J connectivity index is 1.67. The van der Waals surface area contributed by atoms with Crippen LogP contribution in [-0.2, 0) is 0 Å². The molecule has 2 N–H and O–H groups in total. The van der Waals surface area contributed by atoms with Gasteiger partial charge in [0.25, 0.3) is 5.89 Å². The molecule has 0 aliphatic carbocycles. The minimum Gasteiger partial charge on any atom is -0.381 e. The lowest BCUT2D eigenvalue weighted by Crippen LogP contribution is -2.00. The molecule has 0 radical (unpaired) electrons. The average Bonchev–Trinajstić information content (AvgIpc) is 3.34. The third-order valence-corrected chi connectivity index (χ3v) is 4.06. The molecule has 0 fully saturated rings. The maximum atomic E-state index is 9.37. The number of nitrogens with zero attached hydrogens (tertiary/aromatic N) is 3. The van der Waals surface area contributed by atoms with Crippen molar-refractivity contribution in [2.45, 2.75) is 0 Å². The van der Waals surface area contributed by atoms with Crippen molar-refractivity contribution in [3.8, 4) is 28.9 Å². The van der Waals surface area contributed by atoms with E-state index >= 15 is 0 Å².